The van der Waals surface area contributed by atoms with Crippen molar-refractivity contribution < 1.29 is 24.8 Å². The largest absolute Gasteiger partial charge is 0.396 e. The minimum absolute atomic E-state index is 0.0442. The van der Waals surface area contributed by atoms with Crippen molar-refractivity contribution in [1.29, 1.82) is 0 Å². The highest BCUT2D eigenvalue weighted by molar-refractivity contribution is 4.79. The SMILES string of the molecule is COCC(CO)(CO)COC(C)(C)CCO. The number of aliphatic hydroxyl groups excluding tert-OH is 3. The van der Waals surface area contributed by atoms with Gasteiger partial charge < -0.3 is 24.8 Å². The molecule has 0 aromatic heterocycles. The van der Waals surface area contributed by atoms with Gasteiger partial charge in [-0.15, -0.1) is 0 Å². The van der Waals surface area contributed by atoms with Gasteiger partial charge in [0.2, 0.25) is 0 Å². The molecule has 0 unspecified atom stereocenters. The molecule has 0 amide bonds. The van der Waals surface area contributed by atoms with E-state index < -0.39 is 11.0 Å². The summed E-state index contributed by atoms with van der Waals surface area (Å²) in [6.07, 6.45) is 0.507. The highest BCUT2D eigenvalue weighted by Crippen LogP contribution is 2.22. The van der Waals surface area contributed by atoms with Crippen LogP contribution < -0.4 is 0 Å². The number of methoxy groups -OCH3 is 1. The molecule has 0 aliphatic carbocycles. The van der Waals surface area contributed by atoms with Crippen LogP contribution in [-0.4, -0.2) is 61.1 Å². The number of rotatable bonds is 9. The van der Waals surface area contributed by atoms with E-state index in [0.717, 1.165) is 0 Å². The summed E-state index contributed by atoms with van der Waals surface area (Å²) in [5.41, 5.74) is -1.25. The van der Waals surface area contributed by atoms with Gasteiger partial charge in [-0.2, -0.15) is 0 Å². The minimum Gasteiger partial charge on any atom is -0.396 e. The highest BCUT2D eigenvalue weighted by atomic mass is 16.5. The smallest absolute Gasteiger partial charge is 0.0648 e. The van der Waals surface area contributed by atoms with Gasteiger partial charge in [-0.1, -0.05) is 0 Å². The molecule has 5 heteroatoms. The Morgan fingerprint density at radius 3 is 1.94 bits per heavy atom. The van der Waals surface area contributed by atoms with Gasteiger partial charge in [-0.05, 0) is 20.3 Å². The monoisotopic (exact) mass is 236 g/mol. The van der Waals surface area contributed by atoms with Crippen LogP contribution in [0.15, 0.2) is 0 Å². The van der Waals surface area contributed by atoms with Crippen LogP contribution >= 0.6 is 0 Å². The molecule has 0 aliphatic heterocycles. The maximum atomic E-state index is 9.26. The van der Waals surface area contributed by atoms with Gasteiger partial charge in [0.1, 0.15) is 0 Å². The Kier molecular flexibility index (Phi) is 7.10. The molecule has 0 saturated heterocycles. The zero-order chi connectivity index (χ0) is 12.7. The first kappa shape index (κ1) is 15.8. The summed E-state index contributed by atoms with van der Waals surface area (Å²) in [4.78, 5) is 0. The zero-order valence-corrected chi connectivity index (χ0v) is 10.4. The standard InChI is InChI=1S/C11H24O5/c1-10(2,4-5-12)16-9-11(6-13,7-14)8-15-3/h12-14H,4-9H2,1-3H3. The third-order valence-corrected chi connectivity index (χ3v) is 2.60. The molecule has 16 heavy (non-hydrogen) atoms. The van der Waals surface area contributed by atoms with E-state index in [2.05, 4.69) is 0 Å². The fourth-order valence-corrected chi connectivity index (χ4v) is 1.27. The number of ether oxygens (including phenoxy) is 2. The summed E-state index contributed by atoms with van der Waals surface area (Å²) in [5, 5.41) is 27.4. The summed E-state index contributed by atoms with van der Waals surface area (Å²) in [5.74, 6) is 0. The third-order valence-electron chi connectivity index (χ3n) is 2.60. The molecule has 0 aliphatic rings. The fraction of sp³-hybridized carbons (Fsp3) is 1.00. The molecule has 0 spiro atoms. The van der Waals surface area contributed by atoms with Gasteiger partial charge in [0.15, 0.2) is 0 Å². The molecule has 3 N–H and O–H groups in total. The first-order valence-corrected chi connectivity index (χ1v) is 5.41. The Morgan fingerprint density at radius 1 is 1.00 bits per heavy atom. The fourth-order valence-electron chi connectivity index (χ4n) is 1.27. The van der Waals surface area contributed by atoms with E-state index in [0.29, 0.717) is 6.42 Å². The molecule has 0 radical (unpaired) electrons. The molecule has 0 rings (SSSR count). The van der Waals surface area contributed by atoms with Gasteiger partial charge in [0.05, 0.1) is 37.4 Å². The first-order chi connectivity index (χ1) is 7.45. The molecule has 0 heterocycles. The molecular formula is C11H24O5. The van der Waals surface area contributed by atoms with E-state index in [-0.39, 0.29) is 33.0 Å². The topological polar surface area (TPSA) is 79.2 Å². The molecule has 0 fully saturated rings. The predicted molar refractivity (Wildman–Crippen MR) is 60.2 cm³/mol. The van der Waals surface area contributed by atoms with Gasteiger partial charge in [0.25, 0.3) is 0 Å². The Morgan fingerprint density at radius 2 is 1.56 bits per heavy atom. The number of hydrogen-bond donors (Lipinski definition) is 3. The van der Waals surface area contributed by atoms with Crippen molar-refractivity contribution in [3.8, 4) is 0 Å². The third kappa shape index (κ3) is 5.23. The molecule has 0 aromatic carbocycles. The lowest BCUT2D eigenvalue weighted by Crippen LogP contribution is -2.42. The highest BCUT2D eigenvalue weighted by Gasteiger charge is 2.32. The molecular weight excluding hydrogens is 212 g/mol. The van der Waals surface area contributed by atoms with Crippen LogP contribution in [0.25, 0.3) is 0 Å². The Hall–Kier alpha value is -0.200. The van der Waals surface area contributed by atoms with Crippen LogP contribution in [-0.2, 0) is 9.47 Å². The van der Waals surface area contributed by atoms with E-state index in [1.165, 1.54) is 7.11 Å². The van der Waals surface area contributed by atoms with Crippen molar-refractivity contribution in [3.63, 3.8) is 0 Å². The second-order valence-corrected chi connectivity index (χ2v) is 4.77. The average Bonchev–Trinajstić information content (AvgIpc) is 2.24. The minimum atomic E-state index is -0.776. The van der Waals surface area contributed by atoms with Gasteiger partial charge in [-0.3, -0.25) is 0 Å². The lowest BCUT2D eigenvalue weighted by Gasteiger charge is -2.33. The summed E-state index contributed by atoms with van der Waals surface area (Å²) in [6, 6.07) is 0. The van der Waals surface area contributed by atoms with Crippen molar-refractivity contribution in [2.45, 2.75) is 25.9 Å². The number of aliphatic hydroxyl groups is 3. The van der Waals surface area contributed by atoms with Crippen LogP contribution in [0.1, 0.15) is 20.3 Å². The molecule has 5 nitrogen and oxygen atoms in total. The second-order valence-electron chi connectivity index (χ2n) is 4.77. The Bertz CT molecular complexity index is 177. The van der Waals surface area contributed by atoms with Crippen LogP contribution in [0.3, 0.4) is 0 Å². The first-order valence-electron chi connectivity index (χ1n) is 5.41. The quantitative estimate of drug-likeness (QED) is 0.516. The van der Waals surface area contributed by atoms with Gasteiger partial charge in [0, 0.05) is 13.7 Å². The summed E-state index contributed by atoms with van der Waals surface area (Å²) < 4.78 is 10.6. The van der Waals surface area contributed by atoms with Crippen molar-refractivity contribution in [3.05, 3.63) is 0 Å². The average molecular weight is 236 g/mol. The summed E-state index contributed by atoms with van der Waals surface area (Å²) >= 11 is 0. The molecule has 0 saturated carbocycles. The Labute approximate surface area is 97.0 Å². The molecule has 0 bridgehead atoms. The van der Waals surface area contributed by atoms with E-state index in [1.54, 1.807) is 0 Å². The molecule has 98 valence electrons. The van der Waals surface area contributed by atoms with E-state index in [9.17, 15) is 10.2 Å². The van der Waals surface area contributed by atoms with Crippen molar-refractivity contribution >= 4 is 0 Å². The molecule has 0 aromatic rings. The maximum absolute atomic E-state index is 9.26. The Balaban J connectivity index is 4.30. The molecule has 0 atom stereocenters. The zero-order valence-electron chi connectivity index (χ0n) is 10.4. The van der Waals surface area contributed by atoms with E-state index >= 15 is 0 Å². The van der Waals surface area contributed by atoms with Crippen molar-refractivity contribution in [1.82, 2.24) is 0 Å². The van der Waals surface area contributed by atoms with E-state index in [4.69, 9.17) is 14.6 Å². The lowest BCUT2D eigenvalue weighted by molar-refractivity contribution is -0.119. The van der Waals surface area contributed by atoms with Crippen molar-refractivity contribution in [2.24, 2.45) is 5.41 Å². The van der Waals surface area contributed by atoms with Crippen molar-refractivity contribution in [2.75, 3.05) is 40.1 Å². The second kappa shape index (κ2) is 7.19. The maximum Gasteiger partial charge on any atom is 0.0648 e. The normalized spacial score (nSPS) is 13.1. The van der Waals surface area contributed by atoms with Gasteiger partial charge >= 0.3 is 0 Å². The van der Waals surface area contributed by atoms with Gasteiger partial charge in [-0.25, -0.2) is 0 Å². The summed E-state index contributed by atoms with van der Waals surface area (Å²) in [6.45, 7) is 3.78. The van der Waals surface area contributed by atoms with E-state index in [1.807, 2.05) is 13.8 Å². The van der Waals surface area contributed by atoms with Crippen LogP contribution in [0, 0.1) is 5.41 Å². The predicted octanol–water partition coefficient (Wildman–Crippen LogP) is -0.219. The van der Waals surface area contributed by atoms with Crippen LogP contribution in [0.2, 0.25) is 0 Å². The summed E-state index contributed by atoms with van der Waals surface area (Å²) in [7, 11) is 1.51. The van der Waals surface area contributed by atoms with Crippen LogP contribution in [0.4, 0.5) is 0 Å². The number of hydrogen-bond acceptors (Lipinski definition) is 5. The lowest BCUT2D eigenvalue weighted by atomic mass is 9.92. The van der Waals surface area contributed by atoms with Crippen LogP contribution in [0.5, 0.6) is 0 Å².